The lowest BCUT2D eigenvalue weighted by Crippen LogP contribution is -2.42. The van der Waals surface area contributed by atoms with Gasteiger partial charge in [0.05, 0.1) is 31.9 Å². The Morgan fingerprint density at radius 2 is 1.84 bits per heavy atom. The molecule has 0 radical (unpaired) electrons. The van der Waals surface area contributed by atoms with Gasteiger partial charge in [-0.3, -0.25) is 14.5 Å². The zero-order chi connectivity index (χ0) is 22.7. The van der Waals surface area contributed by atoms with Crippen LogP contribution in [-0.4, -0.2) is 73.1 Å². The molecule has 2 aromatic carbocycles. The fraction of sp³-hybridized carbons (Fsp3) is 0.333. The average molecular weight is 440 g/mol. The highest BCUT2D eigenvalue weighted by atomic mass is 19.1. The number of carbonyl (C=O) groups excluding carboxylic acids is 2. The molecule has 168 valence electrons. The molecule has 0 spiro atoms. The first-order chi connectivity index (χ1) is 15.5. The molecule has 1 amide bonds. The Morgan fingerprint density at radius 3 is 2.50 bits per heavy atom. The second kappa shape index (κ2) is 9.50. The minimum Gasteiger partial charge on any atom is -0.507 e. The van der Waals surface area contributed by atoms with Crippen LogP contribution in [0.5, 0.6) is 5.75 Å². The molecule has 2 aliphatic rings. The van der Waals surface area contributed by atoms with Crippen LogP contribution in [0.15, 0.2) is 54.1 Å². The summed E-state index contributed by atoms with van der Waals surface area (Å²) in [7, 11) is 1.53. The van der Waals surface area contributed by atoms with Gasteiger partial charge in [0.25, 0.3) is 11.7 Å². The van der Waals surface area contributed by atoms with E-state index in [9.17, 15) is 19.1 Å². The van der Waals surface area contributed by atoms with E-state index >= 15 is 0 Å². The first kappa shape index (κ1) is 22.0. The van der Waals surface area contributed by atoms with Crippen molar-refractivity contribution < 1.29 is 28.6 Å². The number of amides is 1. The van der Waals surface area contributed by atoms with Crippen molar-refractivity contribution >= 4 is 17.4 Å². The molecule has 7 nitrogen and oxygen atoms in total. The minimum atomic E-state index is -0.881. The second-order valence-electron chi connectivity index (χ2n) is 7.73. The minimum absolute atomic E-state index is 0.0484. The molecule has 2 heterocycles. The topological polar surface area (TPSA) is 79.3 Å². The molecule has 8 heteroatoms. The molecule has 2 fully saturated rings. The molecule has 0 bridgehead atoms. The molecule has 2 aliphatic heterocycles. The number of rotatable bonds is 6. The van der Waals surface area contributed by atoms with Gasteiger partial charge in [-0.2, -0.15) is 0 Å². The Morgan fingerprint density at radius 1 is 1.12 bits per heavy atom. The molecular formula is C24H25FN2O5. The van der Waals surface area contributed by atoms with Crippen molar-refractivity contribution in [1.29, 1.82) is 0 Å². The van der Waals surface area contributed by atoms with E-state index in [2.05, 4.69) is 4.90 Å². The largest absolute Gasteiger partial charge is 0.507 e. The van der Waals surface area contributed by atoms with Crippen LogP contribution in [0, 0.1) is 5.82 Å². The Kier molecular flexibility index (Phi) is 6.53. The standard InChI is InChI=1S/C24H25FN2O5/c1-31-19-7-5-16(6-8-19)22(28)20-21(17-3-2-4-18(25)15-17)27(24(30)23(20)29)10-9-26-11-13-32-14-12-26/h2-8,15,21,28H,9-14H2,1H3. The quantitative estimate of drug-likeness (QED) is 0.423. The summed E-state index contributed by atoms with van der Waals surface area (Å²) in [6.07, 6.45) is 0. The third-order valence-electron chi connectivity index (χ3n) is 5.83. The summed E-state index contributed by atoms with van der Waals surface area (Å²) >= 11 is 0. The first-order valence-electron chi connectivity index (χ1n) is 10.5. The van der Waals surface area contributed by atoms with E-state index < -0.39 is 23.5 Å². The predicted octanol–water partition coefficient (Wildman–Crippen LogP) is 2.59. The van der Waals surface area contributed by atoms with E-state index in [-0.39, 0.29) is 17.9 Å². The molecule has 0 aromatic heterocycles. The number of hydrogen-bond donors (Lipinski definition) is 1. The highest BCUT2D eigenvalue weighted by Gasteiger charge is 2.46. The fourth-order valence-corrected chi connectivity index (χ4v) is 4.11. The van der Waals surface area contributed by atoms with Crippen LogP contribution in [0.4, 0.5) is 4.39 Å². The summed E-state index contributed by atoms with van der Waals surface area (Å²) in [6, 6.07) is 11.4. The summed E-state index contributed by atoms with van der Waals surface area (Å²) < 4.78 is 24.6. The zero-order valence-corrected chi connectivity index (χ0v) is 17.8. The van der Waals surface area contributed by atoms with Gasteiger partial charge in [-0.1, -0.05) is 12.1 Å². The van der Waals surface area contributed by atoms with Crippen molar-refractivity contribution in [3.05, 3.63) is 71.0 Å². The smallest absolute Gasteiger partial charge is 0.295 e. The molecule has 0 aliphatic carbocycles. The predicted molar refractivity (Wildman–Crippen MR) is 116 cm³/mol. The number of morpholine rings is 1. The lowest BCUT2D eigenvalue weighted by Gasteiger charge is -2.31. The van der Waals surface area contributed by atoms with E-state index in [1.165, 1.54) is 30.2 Å². The summed E-state index contributed by atoms with van der Waals surface area (Å²) in [5, 5.41) is 11.0. The maximum Gasteiger partial charge on any atom is 0.295 e. The van der Waals surface area contributed by atoms with Crippen molar-refractivity contribution in [2.24, 2.45) is 0 Å². The van der Waals surface area contributed by atoms with E-state index in [0.29, 0.717) is 36.6 Å². The van der Waals surface area contributed by atoms with Crippen LogP contribution >= 0.6 is 0 Å². The lowest BCUT2D eigenvalue weighted by atomic mass is 9.95. The number of ketones is 1. The van der Waals surface area contributed by atoms with Crippen molar-refractivity contribution in [2.45, 2.75) is 6.04 Å². The van der Waals surface area contributed by atoms with E-state index in [1.54, 1.807) is 30.3 Å². The number of benzene rings is 2. The van der Waals surface area contributed by atoms with Gasteiger partial charge < -0.3 is 19.5 Å². The highest BCUT2D eigenvalue weighted by molar-refractivity contribution is 6.46. The fourth-order valence-electron chi connectivity index (χ4n) is 4.11. The first-order valence-corrected chi connectivity index (χ1v) is 10.5. The summed E-state index contributed by atoms with van der Waals surface area (Å²) in [5.74, 6) is -1.67. The van der Waals surface area contributed by atoms with Gasteiger partial charge in [0, 0.05) is 31.7 Å². The monoisotopic (exact) mass is 440 g/mol. The number of aliphatic hydroxyl groups is 1. The normalized spacial score (nSPS) is 21.2. The van der Waals surface area contributed by atoms with E-state index in [1.807, 2.05) is 0 Å². The molecular weight excluding hydrogens is 415 g/mol. The van der Waals surface area contributed by atoms with Crippen LogP contribution in [0.1, 0.15) is 17.2 Å². The molecule has 1 unspecified atom stereocenters. The Labute approximate surface area is 185 Å². The van der Waals surface area contributed by atoms with Crippen LogP contribution < -0.4 is 4.74 Å². The van der Waals surface area contributed by atoms with Gasteiger partial charge >= 0.3 is 0 Å². The Hall–Kier alpha value is -3.23. The number of ether oxygens (including phenoxy) is 2. The maximum absolute atomic E-state index is 14.1. The molecule has 1 atom stereocenters. The number of likely N-dealkylation sites (tertiary alicyclic amines) is 1. The molecule has 1 N–H and O–H groups in total. The number of hydrogen-bond acceptors (Lipinski definition) is 6. The lowest BCUT2D eigenvalue weighted by molar-refractivity contribution is -0.140. The number of carbonyl (C=O) groups is 2. The maximum atomic E-state index is 14.1. The molecule has 32 heavy (non-hydrogen) atoms. The van der Waals surface area contributed by atoms with Gasteiger partial charge in [0.1, 0.15) is 17.3 Å². The van der Waals surface area contributed by atoms with Crippen molar-refractivity contribution in [1.82, 2.24) is 9.80 Å². The zero-order valence-electron chi connectivity index (χ0n) is 17.8. The summed E-state index contributed by atoms with van der Waals surface area (Å²) in [5.41, 5.74) is 0.757. The van der Waals surface area contributed by atoms with Gasteiger partial charge in [0.2, 0.25) is 0 Å². The van der Waals surface area contributed by atoms with E-state index in [0.717, 1.165) is 13.1 Å². The van der Waals surface area contributed by atoms with Gasteiger partial charge in [0.15, 0.2) is 0 Å². The van der Waals surface area contributed by atoms with Gasteiger partial charge in [-0.25, -0.2) is 4.39 Å². The molecule has 0 saturated carbocycles. The summed E-state index contributed by atoms with van der Waals surface area (Å²) in [6.45, 7) is 3.52. The van der Waals surface area contributed by atoms with Crippen LogP contribution in [0.2, 0.25) is 0 Å². The second-order valence-corrected chi connectivity index (χ2v) is 7.73. The third-order valence-corrected chi connectivity index (χ3v) is 5.83. The van der Waals surface area contributed by atoms with E-state index in [4.69, 9.17) is 9.47 Å². The number of methoxy groups -OCH3 is 1. The van der Waals surface area contributed by atoms with Crippen LogP contribution in [0.3, 0.4) is 0 Å². The number of halogens is 1. The van der Waals surface area contributed by atoms with Crippen LogP contribution in [-0.2, 0) is 14.3 Å². The van der Waals surface area contributed by atoms with Gasteiger partial charge in [-0.05, 0) is 42.0 Å². The number of aliphatic hydroxyl groups excluding tert-OH is 1. The third kappa shape index (κ3) is 4.37. The molecule has 2 aromatic rings. The van der Waals surface area contributed by atoms with Gasteiger partial charge in [-0.15, -0.1) is 0 Å². The van der Waals surface area contributed by atoms with Crippen molar-refractivity contribution in [3.63, 3.8) is 0 Å². The number of nitrogens with zero attached hydrogens (tertiary/aromatic N) is 2. The Bertz CT molecular complexity index is 1030. The van der Waals surface area contributed by atoms with Crippen molar-refractivity contribution in [3.8, 4) is 5.75 Å². The highest BCUT2D eigenvalue weighted by Crippen LogP contribution is 2.39. The van der Waals surface area contributed by atoms with Crippen molar-refractivity contribution in [2.75, 3.05) is 46.5 Å². The molecule has 4 rings (SSSR count). The average Bonchev–Trinajstić information content (AvgIpc) is 3.08. The SMILES string of the molecule is COc1ccc(C(O)=C2C(=O)C(=O)N(CCN3CCOCC3)C2c2cccc(F)c2)cc1. The number of Topliss-reactive ketones (excluding diaryl/α,β-unsaturated/α-hetero) is 1. The Balaban J connectivity index is 1.73. The summed E-state index contributed by atoms with van der Waals surface area (Å²) in [4.78, 5) is 29.5. The van der Waals surface area contributed by atoms with Crippen LogP contribution in [0.25, 0.3) is 5.76 Å². The molecule has 2 saturated heterocycles.